The summed E-state index contributed by atoms with van der Waals surface area (Å²) in [4.78, 5) is 13.2. The van der Waals surface area contributed by atoms with Gasteiger partial charge in [-0.3, -0.25) is 4.79 Å². The lowest BCUT2D eigenvalue weighted by molar-refractivity contribution is -0.130. The molecule has 1 aliphatic rings. The molecule has 0 aliphatic carbocycles. The van der Waals surface area contributed by atoms with Crippen molar-refractivity contribution in [2.45, 2.75) is 6.10 Å². The van der Waals surface area contributed by atoms with Crippen molar-refractivity contribution in [3.63, 3.8) is 0 Å². The highest BCUT2D eigenvalue weighted by atomic mass is 79.9. The van der Waals surface area contributed by atoms with Crippen LogP contribution in [0.15, 0.2) is 57.4 Å². The molecule has 0 bridgehead atoms. The van der Waals surface area contributed by atoms with E-state index in [4.69, 9.17) is 9.47 Å². The van der Waals surface area contributed by atoms with Crippen molar-refractivity contribution in [3.05, 3.63) is 57.2 Å². The average Bonchev–Trinajstić information content (AvgIpc) is 3.04. The predicted octanol–water partition coefficient (Wildman–Crippen LogP) is 3.95. The second kappa shape index (κ2) is 6.85. The summed E-state index contributed by atoms with van der Waals surface area (Å²) in [5, 5.41) is 8.02. The molecule has 0 saturated heterocycles. The Balaban J connectivity index is 1.45. The van der Waals surface area contributed by atoms with Gasteiger partial charge in [0.1, 0.15) is 6.61 Å². The number of carbonyl (C=O) groups excluding carboxylic acids is 1. The molecule has 1 N–H and O–H groups in total. The molecule has 7 heteroatoms. The number of ether oxygens (including phenoxy) is 2. The third-order valence-corrected chi connectivity index (χ3v) is 5.35. The summed E-state index contributed by atoms with van der Waals surface area (Å²) in [6.07, 6.45) is 0.860. The number of hydrogen-bond donors (Lipinski definition) is 1. The van der Waals surface area contributed by atoms with E-state index >= 15 is 0 Å². The fourth-order valence-corrected chi connectivity index (χ4v) is 3.82. The van der Waals surface area contributed by atoms with Crippen LogP contribution in [0.4, 0.5) is 0 Å². The minimum Gasteiger partial charge on any atom is -0.485 e. The van der Waals surface area contributed by atoms with E-state index in [0.717, 1.165) is 20.1 Å². The third-order valence-electron chi connectivity index (χ3n) is 3.72. The van der Waals surface area contributed by atoms with Gasteiger partial charge < -0.3 is 9.47 Å². The SMILES string of the molecule is O=C(N/N=C\c1cc(Br)cs1)C1COc2cc3ccccc3cc2O1. The van der Waals surface area contributed by atoms with Crippen LogP contribution in [0.5, 0.6) is 11.5 Å². The predicted molar refractivity (Wildman–Crippen MR) is 102 cm³/mol. The molecule has 0 radical (unpaired) electrons. The summed E-state index contributed by atoms with van der Waals surface area (Å²) in [6.45, 7) is 0.150. The van der Waals surface area contributed by atoms with Gasteiger partial charge in [0.15, 0.2) is 11.5 Å². The van der Waals surface area contributed by atoms with Crippen molar-refractivity contribution in [2.75, 3.05) is 6.61 Å². The molecule has 0 saturated carbocycles. The fraction of sp³-hybridized carbons (Fsp3) is 0.111. The van der Waals surface area contributed by atoms with Crippen molar-refractivity contribution in [3.8, 4) is 11.5 Å². The van der Waals surface area contributed by atoms with Gasteiger partial charge in [0.25, 0.3) is 5.91 Å². The average molecular weight is 417 g/mol. The fourth-order valence-electron chi connectivity index (χ4n) is 2.51. The van der Waals surface area contributed by atoms with Gasteiger partial charge in [-0.25, -0.2) is 5.43 Å². The van der Waals surface area contributed by atoms with E-state index in [1.54, 1.807) is 6.21 Å². The van der Waals surface area contributed by atoms with Gasteiger partial charge in [0.05, 0.1) is 6.21 Å². The monoisotopic (exact) mass is 416 g/mol. The molecular formula is C18H13BrN2O3S. The van der Waals surface area contributed by atoms with Gasteiger partial charge in [-0.05, 0) is 44.9 Å². The molecule has 25 heavy (non-hydrogen) atoms. The first-order valence-electron chi connectivity index (χ1n) is 7.58. The molecule has 2 aromatic carbocycles. The highest BCUT2D eigenvalue weighted by Crippen LogP contribution is 2.35. The van der Waals surface area contributed by atoms with E-state index in [1.165, 1.54) is 11.3 Å². The lowest BCUT2D eigenvalue weighted by Gasteiger charge is -2.25. The Labute approximate surface area is 156 Å². The number of carbonyl (C=O) groups is 1. The summed E-state index contributed by atoms with van der Waals surface area (Å²) in [5.74, 6) is 0.872. The van der Waals surface area contributed by atoms with Gasteiger partial charge in [0.2, 0.25) is 6.10 Å². The molecule has 4 rings (SSSR count). The van der Waals surface area contributed by atoms with Crippen molar-refractivity contribution >= 4 is 50.2 Å². The number of amides is 1. The number of halogens is 1. The number of nitrogens with one attached hydrogen (secondary N) is 1. The number of hydrazone groups is 1. The summed E-state index contributed by atoms with van der Waals surface area (Å²) in [6, 6.07) is 13.7. The van der Waals surface area contributed by atoms with E-state index in [9.17, 15) is 4.79 Å². The zero-order valence-corrected chi connectivity index (χ0v) is 15.3. The van der Waals surface area contributed by atoms with Crippen LogP contribution in [-0.2, 0) is 4.79 Å². The number of fused-ring (bicyclic) bond motifs is 2. The lowest BCUT2D eigenvalue weighted by Crippen LogP contribution is -2.42. The zero-order valence-electron chi connectivity index (χ0n) is 12.9. The molecule has 126 valence electrons. The first-order valence-corrected chi connectivity index (χ1v) is 9.25. The van der Waals surface area contributed by atoms with E-state index in [2.05, 4.69) is 26.5 Å². The second-order valence-electron chi connectivity index (χ2n) is 5.47. The van der Waals surface area contributed by atoms with Crippen LogP contribution in [0.1, 0.15) is 4.88 Å². The number of thiophene rings is 1. The van der Waals surface area contributed by atoms with E-state index in [-0.39, 0.29) is 12.5 Å². The van der Waals surface area contributed by atoms with Gasteiger partial charge >= 0.3 is 0 Å². The van der Waals surface area contributed by atoms with Crippen LogP contribution < -0.4 is 14.9 Å². The van der Waals surface area contributed by atoms with E-state index in [0.29, 0.717) is 11.5 Å². The van der Waals surface area contributed by atoms with Crippen LogP contribution in [0, 0.1) is 0 Å². The van der Waals surface area contributed by atoms with E-state index in [1.807, 2.05) is 47.8 Å². The van der Waals surface area contributed by atoms with E-state index < -0.39 is 6.10 Å². The second-order valence-corrected chi connectivity index (χ2v) is 7.32. The van der Waals surface area contributed by atoms with Crippen LogP contribution >= 0.6 is 27.3 Å². The van der Waals surface area contributed by atoms with Crippen LogP contribution in [0.2, 0.25) is 0 Å². The van der Waals surface area contributed by atoms with Crippen molar-refractivity contribution in [1.82, 2.24) is 5.43 Å². The normalized spacial score (nSPS) is 16.3. The van der Waals surface area contributed by atoms with Gasteiger partial charge in [-0.1, -0.05) is 24.3 Å². The Morgan fingerprint density at radius 3 is 2.72 bits per heavy atom. The molecule has 5 nitrogen and oxygen atoms in total. The molecule has 1 aliphatic heterocycles. The van der Waals surface area contributed by atoms with Crippen molar-refractivity contribution in [2.24, 2.45) is 5.10 Å². The maximum Gasteiger partial charge on any atom is 0.284 e. The Hall–Kier alpha value is -2.38. The minimum atomic E-state index is -0.735. The number of benzene rings is 2. The quantitative estimate of drug-likeness (QED) is 0.519. The number of nitrogens with zero attached hydrogens (tertiary/aromatic N) is 1. The topological polar surface area (TPSA) is 59.9 Å². The maximum atomic E-state index is 12.2. The van der Waals surface area contributed by atoms with Gasteiger partial charge in [-0.15, -0.1) is 11.3 Å². The highest BCUT2D eigenvalue weighted by Gasteiger charge is 2.27. The molecule has 1 unspecified atom stereocenters. The van der Waals surface area contributed by atoms with Crippen molar-refractivity contribution in [1.29, 1.82) is 0 Å². The standard InChI is InChI=1S/C18H13BrN2O3S/c19-13-7-14(25-10-13)8-20-21-18(22)17-9-23-15-5-11-3-1-2-4-12(11)6-16(15)24-17/h1-8,10,17H,9H2,(H,21,22)/b20-8-. The summed E-state index contributed by atoms with van der Waals surface area (Å²) >= 11 is 4.90. The molecule has 1 amide bonds. The molecule has 0 fully saturated rings. The number of hydrogen-bond acceptors (Lipinski definition) is 5. The zero-order chi connectivity index (χ0) is 17.2. The third kappa shape index (κ3) is 3.52. The van der Waals surface area contributed by atoms with Gasteiger partial charge in [0, 0.05) is 14.7 Å². The number of rotatable bonds is 3. The molecular weight excluding hydrogens is 404 g/mol. The molecule has 0 spiro atoms. The Morgan fingerprint density at radius 2 is 2.00 bits per heavy atom. The molecule has 2 heterocycles. The minimum absolute atomic E-state index is 0.150. The highest BCUT2D eigenvalue weighted by molar-refractivity contribution is 9.10. The smallest absolute Gasteiger partial charge is 0.284 e. The molecule has 1 atom stereocenters. The largest absolute Gasteiger partial charge is 0.485 e. The molecule has 1 aromatic heterocycles. The Morgan fingerprint density at radius 1 is 1.24 bits per heavy atom. The van der Waals surface area contributed by atoms with Crippen molar-refractivity contribution < 1.29 is 14.3 Å². The van der Waals surface area contributed by atoms with Crippen LogP contribution in [0.25, 0.3) is 10.8 Å². The first-order chi connectivity index (χ1) is 12.2. The molecule has 3 aromatic rings. The summed E-state index contributed by atoms with van der Waals surface area (Å²) in [5.41, 5.74) is 2.49. The Kier molecular flexibility index (Phi) is 4.42. The first kappa shape index (κ1) is 16.1. The maximum absolute atomic E-state index is 12.2. The van der Waals surface area contributed by atoms with Gasteiger partial charge in [-0.2, -0.15) is 5.10 Å². The lowest BCUT2D eigenvalue weighted by atomic mass is 10.1. The van der Waals surface area contributed by atoms with Crippen LogP contribution in [-0.4, -0.2) is 24.8 Å². The summed E-state index contributed by atoms with van der Waals surface area (Å²) < 4.78 is 12.5. The van der Waals surface area contributed by atoms with Crippen LogP contribution in [0.3, 0.4) is 0 Å². The summed E-state index contributed by atoms with van der Waals surface area (Å²) in [7, 11) is 0. The Bertz CT molecular complexity index is 970.